The van der Waals surface area contributed by atoms with Crippen LogP contribution in [-0.4, -0.2) is 17.0 Å². The molecule has 4 nitrogen and oxygen atoms in total. The Morgan fingerprint density at radius 2 is 2.12 bits per heavy atom. The molecule has 0 radical (unpaired) electrons. The van der Waals surface area contributed by atoms with E-state index >= 15 is 0 Å². The lowest BCUT2D eigenvalue weighted by atomic mass is 10.2. The smallest absolute Gasteiger partial charge is 0.328 e. The van der Waals surface area contributed by atoms with Gasteiger partial charge in [-0.05, 0) is 23.8 Å². The van der Waals surface area contributed by atoms with Gasteiger partial charge >= 0.3 is 5.97 Å². The van der Waals surface area contributed by atoms with E-state index in [1.165, 1.54) is 13.0 Å². The number of nitrogens with one attached hydrogen (secondary N) is 1. The molecule has 0 aromatic heterocycles. The summed E-state index contributed by atoms with van der Waals surface area (Å²) in [4.78, 5) is 21.2. The molecule has 0 heterocycles. The molecule has 0 aliphatic rings. The van der Waals surface area contributed by atoms with Crippen LogP contribution in [0.4, 0.5) is 5.69 Å². The maximum absolute atomic E-state index is 10.9. The Morgan fingerprint density at radius 1 is 1.44 bits per heavy atom. The lowest BCUT2D eigenvalue weighted by Crippen LogP contribution is -2.06. The molecular weight excluding hydrogens is 230 g/mol. The number of hydrogen-bond acceptors (Lipinski definition) is 2. The van der Waals surface area contributed by atoms with E-state index in [2.05, 4.69) is 5.32 Å². The first kappa shape index (κ1) is 12.3. The number of carbonyl (C=O) groups is 2. The van der Waals surface area contributed by atoms with Crippen LogP contribution in [0.2, 0.25) is 5.02 Å². The Kier molecular flexibility index (Phi) is 4.08. The topological polar surface area (TPSA) is 66.4 Å². The van der Waals surface area contributed by atoms with Crippen molar-refractivity contribution in [1.29, 1.82) is 0 Å². The Balaban J connectivity index is 2.97. The number of benzene rings is 1. The zero-order chi connectivity index (χ0) is 12.1. The van der Waals surface area contributed by atoms with Crippen LogP contribution in [0.15, 0.2) is 24.3 Å². The van der Waals surface area contributed by atoms with E-state index in [4.69, 9.17) is 16.7 Å². The van der Waals surface area contributed by atoms with E-state index in [-0.39, 0.29) is 5.91 Å². The van der Waals surface area contributed by atoms with Crippen LogP contribution in [0.25, 0.3) is 6.08 Å². The second-order valence-corrected chi connectivity index (χ2v) is 3.50. The van der Waals surface area contributed by atoms with Gasteiger partial charge < -0.3 is 10.4 Å². The molecular formula is C11H10ClNO3. The maximum atomic E-state index is 10.9. The molecule has 0 fully saturated rings. The lowest BCUT2D eigenvalue weighted by molar-refractivity contribution is -0.131. The largest absolute Gasteiger partial charge is 0.478 e. The van der Waals surface area contributed by atoms with Crippen LogP contribution in [-0.2, 0) is 9.59 Å². The van der Waals surface area contributed by atoms with Crippen molar-refractivity contribution in [2.75, 3.05) is 5.32 Å². The van der Waals surface area contributed by atoms with Crippen LogP contribution in [0.1, 0.15) is 12.5 Å². The van der Waals surface area contributed by atoms with Crippen molar-refractivity contribution in [1.82, 2.24) is 0 Å². The van der Waals surface area contributed by atoms with Gasteiger partial charge in [0.05, 0.1) is 10.7 Å². The summed E-state index contributed by atoms with van der Waals surface area (Å²) >= 11 is 5.85. The summed E-state index contributed by atoms with van der Waals surface area (Å²) in [6.45, 7) is 1.37. The molecule has 0 bridgehead atoms. The number of halogens is 1. The van der Waals surface area contributed by atoms with Gasteiger partial charge in [-0.15, -0.1) is 0 Å². The maximum Gasteiger partial charge on any atom is 0.328 e. The van der Waals surface area contributed by atoms with E-state index in [1.807, 2.05) is 0 Å². The Labute approximate surface area is 97.5 Å². The van der Waals surface area contributed by atoms with E-state index in [9.17, 15) is 9.59 Å². The third kappa shape index (κ3) is 3.74. The summed E-state index contributed by atoms with van der Waals surface area (Å²) < 4.78 is 0. The zero-order valence-corrected chi connectivity index (χ0v) is 9.28. The number of aliphatic carboxylic acids is 1. The highest BCUT2D eigenvalue weighted by Gasteiger charge is 2.02. The molecule has 1 aromatic rings. The quantitative estimate of drug-likeness (QED) is 0.796. The van der Waals surface area contributed by atoms with E-state index < -0.39 is 5.97 Å². The molecule has 0 saturated heterocycles. The number of carboxylic acid groups (broad SMARTS) is 1. The SMILES string of the molecule is CC(=O)Nc1cc(C=CC(=O)O)ccc1Cl. The van der Waals surface area contributed by atoms with Gasteiger partial charge in [-0.25, -0.2) is 4.79 Å². The second-order valence-electron chi connectivity index (χ2n) is 3.09. The average molecular weight is 240 g/mol. The first-order valence-electron chi connectivity index (χ1n) is 4.47. The standard InChI is InChI=1S/C11H10ClNO3/c1-7(14)13-10-6-8(2-4-9(10)12)3-5-11(15)16/h2-6H,1H3,(H,13,14)(H,15,16). The predicted octanol–water partition coefficient (Wildman–Crippen LogP) is 2.40. The molecule has 84 valence electrons. The lowest BCUT2D eigenvalue weighted by Gasteiger charge is -2.05. The van der Waals surface area contributed by atoms with Gasteiger partial charge in [-0.2, -0.15) is 0 Å². The number of rotatable bonds is 3. The molecule has 0 unspecified atom stereocenters. The number of hydrogen-bond donors (Lipinski definition) is 2. The van der Waals surface area contributed by atoms with Gasteiger partial charge in [0.15, 0.2) is 0 Å². The van der Waals surface area contributed by atoms with Crippen molar-refractivity contribution in [2.24, 2.45) is 0 Å². The predicted molar refractivity (Wildman–Crippen MR) is 62.4 cm³/mol. The van der Waals surface area contributed by atoms with Crippen LogP contribution in [0, 0.1) is 0 Å². The molecule has 1 rings (SSSR count). The summed E-state index contributed by atoms with van der Waals surface area (Å²) in [6.07, 6.45) is 2.44. The molecule has 0 saturated carbocycles. The van der Waals surface area contributed by atoms with Crippen molar-refractivity contribution < 1.29 is 14.7 Å². The first-order chi connectivity index (χ1) is 7.49. The van der Waals surface area contributed by atoms with Gasteiger partial charge in [0.2, 0.25) is 5.91 Å². The Morgan fingerprint density at radius 3 is 2.69 bits per heavy atom. The highest BCUT2D eigenvalue weighted by molar-refractivity contribution is 6.33. The molecule has 0 aliphatic heterocycles. The fourth-order valence-electron chi connectivity index (χ4n) is 1.10. The monoisotopic (exact) mass is 239 g/mol. The molecule has 1 aromatic carbocycles. The molecule has 1 amide bonds. The Bertz CT molecular complexity index is 455. The summed E-state index contributed by atoms with van der Waals surface area (Å²) in [5.74, 6) is -1.27. The average Bonchev–Trinajstić information content (AvgIpc) is 2.18. The van der Waals surface area contributed by atoms with Gasteiger partial charge in [0.1, 0.15) is 0 Å². The highest BCUT2D eigenvalue weighted by Crippen LogP contribution is 2.23. The summed E-state index contributed by atoms with van der Waals surface area (Å²) in [6, 6.07) is 4.85. The fraction of sp³-hybridized carbons (Fsp3) is 0.0909. The second kappa shape index (κ2) is 5.32. The van der Waals surface area contributed by atoms with Crippen molar-refractivity contribution >= 4 is 35.2 Å². The summed E-state index contributed by atoms with van der Waals surface area (Å²) in [5, 5.41) is 11.4. The minimum atomic E-state index is -1.03. The van der Waals surface area contributed by atoms with Gasteiger partial charge in [-0.1, -0.05) is 17.7 Å². The first-order valence-corrected chi connectivity index (χ1v) is 4.85. The Hall–Kier alpha value is -1.81. The minimum Gasteiger partial charge on any atom is -0.478 e. The van der Waals surface area contributed by atoms with Crippen molar-refractivity contribution in [3.05, 3.63) is 34.9 Å². The van der Waals surface area contributed by atoms with Gasteiger partial charge in [-0.3, -0.25) is 4.79 Å². The van der Waals surface area contributed by atoms with Gasteiger partial charge in [0.25, 0.3) is 0 Å². The van der Waals surface area contributed by atoms with Crippen molar-refractivity contribution in [3.63, 3.8) is 0 Å². The summed E-state index contributed by atoms with van der Waals surface area (Å²) in [5.41, 5.74) is 1.11. The van der Waals surface area contributed by atoms with Gasteiger partial charge in [0, 0.05) is 13.0 Å². The molecule has 0 atom stereocenters. The summed E-state index contributed by atoms with van der Waals surface area (Å²) in [7, 11) is 0. The minimum absolute atomic E-state index is 0.235. The zero-order valence-electron chi connectivity index (χ0n) is 8.53. The van der Waals surface area contributed by atoms with Crippen LogP contribution in [0.5, 0.6) is 0 Å². The number of amides is 1. The van der Waals surface area contributed by atoms with E-state index in [1.54, 1.807) is 18.2 Å². The van der Waals surface area contributed by atoms with Crippen molar-refractivity contribution in [3.8, 4) is 0 Å². The number of carboxylic acids is 1. The molecule has 5 heteroatoms. The van der Waals surface area contributed by atoms with Crippen LogP contribution >= 0.6 is 11.6 Å². The highest BCUT2D eigenvalue weighted by atomic mass is 35.5. The molecule has 0 aliphatic carbocycles. The van der Waals surface area contributed by atoms with E-state index in [0.717, 1.165) is 6.08 Å². The van der Waals surface area contributed by atoms with Crippen LogP contribution in [0.3, 0.4) is 0 Å². The molecule has 0 spiro atoms. The third-order valence-corrected chi connectivity index (χ3v) is 2.05. The molecule has 16 heavy (non-hydrogen) atoms. The number of carbonyl (C=O) groups excluding carboxylic acids is 1. The fourth-order valence-corrected chi connectivity index (χ4v) is 1.26. The molecule has 2 N–H and O–H groups in total. The van der Waals surface area contributed by atoms with Crippen molar-refractivity contribution in [2.45, 2.75) is 6.92 Å². The normalized spacial score (nSPS) is 10.4. The number of anilines is 1. The third-order valence-electron chi connectivity index (χ3n) is 1.72. The van der Waals surface area contributed by atoms with Crippen LogP contribution < -0.4 is 5.32 Å². The van der Waals surface area contributed by atoms with E-state index in [0.29, 0.717) is 16.3 Å².